The van der Waals surface area contributed by atoms with Crippen molar-refractivity contribution in [3.05, 3.63) is 28.2 Å². The molecule has 0 aliphatic heterocycles. The zero-order valence-corrected chi connectivity index (χ0v) is 11.3. The van der Waals surface area contributed by atoms with Gasteiger partial charge in [0.25, 0.3) is 0 Å². The Morgan fingerprint density at radius 1 is 1.44 bits per heavy atom. The van der Waals surface area contributed by atoms with E-state index in [1.807, 2.05) is 13.0 Å². The van der Waals surface area contributed by atoms with Crippen molar-refractivity contribution in [2.24, 2.45) is 0 Å². The van der Waals surface area contributed by atoms with E-state index < -0.39 is 11.7 Å². The first-order chi connectivity index (χ1) is 8.38. The topological polar surface area (TPSA) is 35.8 Å². The van der Waals surface area contributed by atoms with Crippen molar-refractivity contribution in [1.82, 2.24) is 0 Å². The lowest BCUT2D eigenvalue weighted by molar-refractivity contribution is -0.137. The summed E-state index contributed by atoms with van der Waals surface area (Å²) in [7, 11) is 0. The van der Waals surface area contributed by atoms with Gasteiger partial charge in [0.2, 0.25) is 0 Å². The number of nitrogens with one attached hydrogen (secondary N) is 1. The summed E-state index contributed by atoms with van der Waals surface area (Å²) in [5, 5.41) is 11.4. The maximum absolute atomic E-state index is 12.8. The first kappa shape index (κ1) is 14.8. The normalized spacial score (nSPS) is 12.9. The van der Waals surface area contributed by atoms with Crippen LogP contribution in [0.25, 0.3) is 0 Å². The standard InChI is InChI=1S/C12H12BrF3N2/c1-2-9(5-6-17)18-11-4-3-8(13)7-10(11)12(14,15)16/h3-4,7,9,18H,2,5H2,1H3. The summed E-state index contributed by atoms with van der Waals surface area (Å²) in [6.45, 7) is 1.82. The van der Waals surface area contributed by atoms with Crippen molar-refractivity contribution in [3.63, 3.8) is 0 Å². The molecule has 0 amide bonds. The molecule has 18 heavy (non-hydrogen) atoms. The molecule has 0 saturated heterocycles. The van der Waals surface area contributed by atoms with Gasteiger partial charge in [-0.3, -0.25) is 0 Å². The summed E-state index contributed by atoms with van der Waals surface area (Å²) in [6.07, 6.45) is -3.66. The zero-order chi connectivity index (χ0) is 13.8. The molecule has 1 N–H and O–H groups in total. The van der Waals surface area contributed by atoms with Crippen LogP contribution >= 0.6 is 15.9 Å². The van der Waals surface area contributed by atoms with E-state index >= 15 is 0 Å². The first-order valence-electron chi connectivity index (χ1n) is 5.38. The molecular formula is C12H12BrF3N2. The van der Waals surface area contributed by atoms with Crippen LogP contribution in [0.2, 0.25) is 0 Å². The van der Waals surface area contributed by atoms with Gasteiger partial charge >= 0.3 is 6.18 Å². The Kier molecular flexibility index (Phi) is 5.03. The average molecular weight is 321 g/mol. The van der Waals surface area contributed by atoms with Crippen LogP contribution in [0, 0.1) is 11.3 Å². The number of nitriles is 1. The number of rotatable bonds is 4. The Balaban J connectivity index is 3.05. The van der Waals surface area contributed by atoms with E-state index in [4.69, 9.17) is 5.26 Å². The number of halogens is 4. The van der Waals surface area contributed by atoms with Crippen LogP contribution in [0.15, 0.2) is 22.7 Å². The predicted octanol–water partition coefficient (Wildman–Crippen LogP) is 4.57. The molecule has 0 aliphatic carbocycles. The molecule has 0 radical (unpaired) electrons. The third-order valence-corrected chi connectivity index (χ3v) is 2.97. The molecule has 1 atom stereocenters. The highest BCUT2D eigenvalue weighted by molar-refractivity contribution is 9.10. The number of alkyl halides is 3. The fraction of sp³-hybridized carbons (Fsp3) is 0.417. The summed E-state index contributed by atoms with van der Waals surface area (Å²) in [4.78, 5) is 0. The minimum atomic E-state index is -4.42. The van der Waals surface area contributed by atoms with E-state index in [9.17, 15) is 13.2 Å². The van der Waals surface area contributed by atoms with Crippen molar-refractivity contribution in [1.29, 1.82) is 5.26 Å². The molecule has 0 heterocycles. The molecule has 98 valence electrons. The molecule has 0 fully saturated rings. The fourth-order valence-electron chi connectivity index (χ4n) is 1.50. The summed E-state index contributed by atoms with van der Waals surface area (Å²) >= 11 is 3.02. The Bertz CT molecular complexity index is 452. The van der Waals surface area contributed by atoms with Gasteiger partial charge in [0.15, 0.2) is 0 Å². The minimum absolute atomic E-state index is 0.00722. The molecule has 0 aliphatic rings. The highest BCUT2D eigenvalue weighted by Gasteiger charge is 2.34. The molecule has 0 spiro atoms. The van der Waals surface area contributed by atoms with E-state index in [0.29, 0.717) is 10.9 Å². The number of hydrogen-bond donors (Lipinski definition) is 1. The van der Waals surface area contributed by atoms with Crippen LogP contribution in [0.3, 0.4) is 0 Å². The van der Waals surface area contributed by atoms with Crippen LogP contribution in [-0.4, -0.2) is 6.04 Å². The van der Waals surface area contributed by atoms with Crippen LogP contribution in [0.1, 0.15) is 25.3 Å². The van der Waals surface area contributed by atoms with Gasteiger partial charge in [-0.05, 0) is 24.6 Å². The summed E-state index contributed by atoms with van der Waals surface area (Å²) in [5.74, 6) is 0. The molecule has 1 aromatic rings. The van der Waals surface area contributed by atoms with Crippen molar-refractivity contribution in [2.75, 3.05) is 5.32 Å². The zero-order valence-electron chi connectivity index (χ0n) is 9.68. The number of nitrogens with zero attached hydrogens (tertiary/aromatic N) is 1. The van der Waals surface area contributed by atoms with Gasteiger partial charge in [-0.2, -0.15) is 18.4 Å². The fourth-order valence-corrected chi connectivity index (χ4v) is 1.87. The largest absolute Gasteiger partial charge is 0.418 e. The highest BCUT2D eigenvalue weighted by atomic mass is 79.9. The quantitative estimate of drug-likeness (QED) is 0.881. The third-order valence-electron chi connectivity index (χ3n) is 2.48. The number of hydrogen-bond acceptors (Lipinski definition) is 2. The molecule has 1 unspecified atom stereocenters. The molecule has 0 aromatic heterocycles. The van der Waals surface area contributed by atoms with Gasteiger partial charge in [0.05, 0.1) is 18.1 Å². The average Bonchev–Trinajstić information content (AvgIpc) is 2.29. The van der Waals surface area contributed by atoms with E-state index in [2.05, 4.69) is 21.2 Å². The van der Waals surface area contributed by atoms with Crippen LogP contribution < -0.4 is 5.32 Å². The van der Waals surface area contributed by atoms with Crippen LogP contribution in [-0.2, 0) is 6.18 Å². The lowest BCUT2D eigenvalue weighted by atomic mass is 10.1. The van der Waals surface area contributed by atoms with E-state index in [0.717, 1.165) is 6.07 Å². The second-order valence-electron chi connectivity index (χ2n) is 3.80. The molecule has 6 heteroatoms. The van der Waals surface area contributed by atoms with Crippen molar-refractivity contribution in [3.8, 4) is 6.07 Å². The first-order valence-corrected chi connectivity index (χ1v) is 6.18. The van der Waals surface area contributed by atoms with Gasteiger partial charge in [0.1, 0.15) is 0 Å². The Morgan fingerprint density at radius 3 is 2.61 bits per heavy atom. The lowest BCUT2D eigenvalue weighted by Gasteiger charge is -2.19. The van der Waals surface area contributed by atoms with Crippen molar-refractivity contribution < 1.29 is 13.2 Å². The monoisotopic (exact) mass is 320 g/mol. The minimum Gasteiger partial charge on any atom is -0.381 e. The highest BCUT2D eigenvalue weighted by Crippen LogP contribution is 2.37. The Hall–Kier alpha value is -1.22. The van der Waals surface area contributed by atoms with E-state index in [1.165, 1.54) is 12.1 Å². The molecule has 1 aromatic carbocycles. The molecular weight excluding hydrogens is 309 g/mol. The smallest absolute Gasteiger partial charge is 0.381 e. The Morgan fingerprint density at radius 2 is 2.11 bits per heavy atom. The van der Waals surface area contributed by atoms with Gasteiger partial charge in [-0.1, -0.05) is 22.9 Å². The second kappa shape index (κ2) is 6.10. The van der Waals surface area contributed by atoms with Gasteiger partial charge < -0.3 is 5.32 Å². The summed E-state index contributed by atoms with van der Waals surface area (Å²) in [6, 6.07) is 5.61. The van der Waals surface area contributed by atoms with Crippen molar-refractivity contribution in [2.45, 2.75) is 32.0 Å². The van der Waals surface area contributed by atoms with Crippen LogP contribution in [0.4, 0.5) is 18.9 Å². The lowest BCUT2D eigenvalue weighted by Crippen LogP contribution is -2.20. The maximum Gasteiger partial charge on any atom is 0.418 e. The van der Waals surface area contributed by atoms with Gasteiger partial charge in [-0.25, -0.2) is 0 Å². The third kappa shape index (κ3) is 3.91. The maximum atomic E-state index is 12.8. The summed E-state index contributed by atoms with van der Waals surface area (Å²) < 4.78 is 38.9. The molecule has 0 saturated carbocycles. The molecule has 0 bridgehead atoms. The molecule has 1 rings (SSSR count). The number of benzene rings is 1. The molecule has 2 nitrogen and oxygen atoms in total. The predicted molar refractivity (Wildman–Crippen MR) is 67.1 cm³/mol. The summed E-state index contributed by atoms with van der Waals surface area (Å²) in [5.41, 5.74) is -0.721. The second-order valence-corrected chi connectivity index (χ2v) is 4.72. The number of anilines is 1. The SMILES string of the molecule is CCC(CC#N)Nc1ccc(Br)cc1C(F)(F)F. The van der Waals surface area contributed by atoms with Crippen LogP contribution in [0.5, 0.6) is 0 Å². The van der Waals surface area contributed by atoms with Gasteiger partial charge in [-0.15, -0.1) is 0 Å². The van der Waals surface area contributed by atoms with Gasteiger partial charge in [0, 0.05) is 16.2 Å². The van der Waals surface area contributed by atoms with E-state index in [-0.39, 0.29) is 18.2 Å². The van der Waals surface area contributed by atoms with E-state index in [1.54, 1.807) is 0 Å². The Labute approximate surface area is 112 Å². The van der Waals surface area contributed by atoms with Crippen molar-refractivity contribution >= 4 is 21.6 Å².